The number of aromatic hydroxyl groups is 1. The monoisotopic (exact) mass is 287 g/mol. The van der Waals surface area contributed by atoms with E-state index in [0.29, 0.717) is 5.56 Å². The molecule has 21 heavy (non-hydrogen) atoms. The Kier molecular flexibility index (Phi) is 5.34. The fraction of sp³-hybridized carbons (Fsp3) is 0.333. The van der Waals surface area contributed by atoms with E-state index in [9.17, 15) is 9.50 Å². The van der Waals surface area contributed by atoms with Gasteiger partial charge in [0.25, 0.3) is 0 Å². The van der Waals surface area contributed by atoms with E-state index in [1.807, 2.05) is 25.1 Å². The molecule has 112 valence electrons. The van der Waals surface area contributed by atoms with Crippen LogP contribution < -0.4 is 5.32 Å². The summed E-state index contributed by atoms with van der Waals surface area (Å²) in [4.78, 5) is 0. The highest BCUT2D eigenvalue weighted by atomic mass is 19.1. The van der Waals surface area contributed by atoms with Crippen molar-refractivity contribution in [2.24, 2.45) is 0 Å². The third-order valence-electron chi connectivity index (χ3n) is 3.69. The lowest BCUT2D eigenvalue weighted by molar-refractivity contribution is 0.413. The summed E-state index contributed by atoms with van der Waals surface area (Å²) >= 11 is 0. The van der Waals surface area contributed by atoms with Gasteiger partial charge >= 0.3 is 0 Å². The molecule has 0 aromatic heterocycles. The summed E-state index contributed by atoms with van der Waals surface area (Å²) in [5, 5.41) is 13.4. The molecule has 2 nitrogen and oxygen atoms in total. The van der Waals surface area contributed by atoms with Gasteiger partial charge in [0.1, 0.15) is 11.6 Å². The Bertz CT molecular complexity index is 571. The molecule has 0 radical (unpaired) electrons. The molecule has 0 amide bonds. The number of rotatable bonds is 6. The maximum atomic E-state index is 13.4. The molecule has 2 rings (SSSR count). The number of phenolic OH excluding ortho intramolecular Hbond substituents is 1. The van der Waals surface area contributed by atoms with Crippen LogP contribution in [0.3, 0.4) is 0 Å². The standard InChI is InChI=1S/C18H22FNO/c1-3-7-17(14-8-5-4-6-9-14)20-13(2)16-12-15(19)10-11-18(16)21/h4-6,8-13,17,20-21H,3,7H2,1-2H3. The fourth-order valence-corrected chi connectivity index (χ4v) is 2.58. The molecule has 0 aliphatic carbocycles. The van der Waals surface area contributed by atoms with Gasteiger partial charge in [-0.3, -0.25) is 0 Å². The van der Waals surface area contributed by atoms with Crippen LogP contribution in [-0.4, -0.2) is 5.11 Å². The second-order valence-corrected chi connectivity index (χ2v) is 5.34. The molecule has 2 atom stereocenters. The Balaban J connectivity index is 2.18. The molecule has 0 aliphatic rings. The Morgan fingerprint density at radius 1 is 1.14 bits per heavy atom. The normalized spacial score (nSPS) is 13.9. The highest BCUT2D eigenvalue weighted by molar-refractivity contribution is 5.35. The number of benzene rings is 2. The second-order valence-electron chi connectivity index (χ2n) is 5.34. The van der Waals surface area contributed by atoms with Crippen molar-refractivity contribution in [3.63, 3.8) is 0 Å². The van der Waals surface area contributed by atoms with Gasteiger partial charge in [-0.2, -0.15) is 0 Å². The molecule has 2 N–H and O–H groups in total. The van der Waals surface area contributed by atoms with Gasteiger partial charge in [-0.1, -0.05) is 43.7 Å². The lowest BCUT2D eigenvalue weighted by atomic mass is 9.99. The van der Waals surface area contributed by atoms with E-state index in [2.05, 4.69) is 24.4 Å². The summed E-state index contributed by atoms with van der Waals surface area (Å²) < 4.78 is 13.4. The maximum absolute atomic E-state index is 13.4. The first-order valence-electron chi connectivity index (χ1n) is 7.41. The summed E-state index contributed by atoms with van der Waals surface area (Å²) in [6, 6.07) is 14.3. The van der Waals surface area contributed by atoms with Crippen molar-refractivity contribution in [2.45, 2.75) is 38.8 Å². The summed E-state index contributed by atoms with van der Waals surface area (Å²) in [6.07, 6.45) is 2.04. The molecule has 0 saturated carbocycles. The molecular weight excluding hydrogens is 265 g/mol. The highest BCUT2D eigenvalue weighted by Crippen LogP contribution is 2.28. The molecule has 2 aromatic rings. The Hall–Kier alpha value is -1.87. The van der Waals surface area contributed by atoms with Gasteiger partial charge in [0.2, 0.25) is 0 Å². The number of phenols is 1. The number of hydrogen-bond donors (Lipinski definition) is 2. The summed E-state index contributed by atoms with van der Waals surface area (Å²) in [5.41, 5.74) is 1.80. The quantitative estimate of drug-likeness (QED) is 0.805. The topological polar surface area (TPSA) is 32.3 Å². The van der Waals surface area contributed by atoms with E-state index < -0.39 is 0 Å². The summed E-state index contributed by atoms with van der Waals surface area (Å²) in [6.45, 7) is 4.09. The number of nitrogens with one attached hydrogen (secondary N) is 1. The van der Waals surface area contributed by atoms with Crippen LogP contribution in [0.5, 0.6) is 5.75 Å². The number of hydrogen-bond acceptors (Lipinski definition) is 2. The first kappa shape index (κ1) is 15.5. The van der Waals surface area contributed by atoms with Gasteiger partial charge in [0.15, 0.2) is 0 Å². The molecule has 0 fully saturated rings. The van der Waals surface area contributed by atoms with Crippen molar-refractivity contribution < 1.29 is 9.50 Å². The van der Waals surface area contributed by atoms with Crippen LogP contribution in [0, 0.1) is 5.82 Å². The molecule has 2 aromatic carbocycles. The summed E-state index contributed by atoms with van der Waals surface area (Å²) in [7, 11) is 0. The molecule has 2 unspecified atom stereocenters. The van der Waals surface area contributed by atoms with Crippen molar-refractivity contribution in [3.8, 4) is 5.75 Å². The van der Waals surface area contributed by atoms with Crippen LogP contribution in [0.25, 0.3) is 0 Å². The van der Waals surface area contributed by atoms with Crippen LogP contribution in [-0.2, 0) is 0 Å². The van der Waals surface area contributed by atoms with Crippen LogP contribution in [0.4, 0.5) is 4.39 Å². The SMILES string of the molecule is CCCC(NC(C)c1cc(F)ccc1O)c1ccccc1. The smallest absolute Gasteiger partial charge is 0.123 e. The van der Waals surface area contributed by atoms with Gasteiger partial charge < -0.3 is 10.4 Å². The zero-order valence-electron chi connectivity index (χ0n) is 12.5. The Labute approximate surface area is 125 Å². The Morgan fingerprint density at radius 2 is 1.86 bits per heavy atom. The van der Waals surface area contributed by atoms with Gasteiger partial charge in [-0.05, 0) is 37.1 Å². The van der Waals surface area contributed by atoms with E-state index >= 15 is 0 Å². The lowest BCUT2D eigenvalue weighted by Crippen LogP contribution is -2.24. The van der Waals surface area contributed by atoms with E-state index in [1.165, 1.54) is 23.8 Å². The average molecular weight is 287 g/mol. The van der Waals surface area contributed by atoms with Crippen molar-refractivity contribution >= 4 is 0 Å². The fourth-order valence-electron chi connectivity index (χ4n) is 2.58. The summed E-state index contributed by atoms with van der Waals surface area (Å²) in [5.74, 6) is -0.206. The lowest BCUT2D eigenvalue weighted by Gasteiger charge is -2.24. The molecular formula is C18H22FNO. The first-order chi connectivity index (χ1) is 10.1. The molecule has 0 heterocycles. The Morgan fingerprint density at radius 3 is 2.52 bits per heavy atom. The van der Waals surface area contributed by atoms with Crippen molar-refractivity contribution in [1.29, 1.82) is 0 Å². The highest BCUT2D eigenvalue weighted by Gasteiger charge is 2.17. The van der Waals surface area contributed by atoms with E-state index in [1.54, 1.807) is 0 Å². The third-order valence-corrected chi connectivity index (χ3v) is 3.69. The third kappa shape index (κ3) is 4.05. The van der Waals surface area contributed by atoms with Crippen molar-refractivity contribution in [1.82, 2.24) is 5.32 Å². The number of halogens is 1. The maximum Gasteiger partial charge on any atom is 0.123 e. The van der Waals surface area contributed by atoms with Gasteiger partial charge in [0.05, 0.1) is 0 Å². The minimum atomic E-state index is -0.330. The van der Waals surface area contributed by atoms with Gasteiger partial charge in [0, 0.05) is 17.6 Å². The van der Waals surface area contributed by atoms with Crippen molar-refractivity contribution in [3.05, 3.63) is 65.5 Å². The van der Waals surface area contributed by atoms with Crippen LogP contribution >= 0.6 is 0 Å². The molecule has 3 heteroatoms. The predicted octanol–water partition coefficient (Wildman–Crippen LogP) is 4.72. The van der Waals surface area contributed by atoms with E-state index in [4.69, 9.17) is 0 Å². The first-order valence-corrected chi connectivity index (χ1v) is 7.41. The van der Waals surface area contributed by atoms with Gasteiger partial charge in [-0.25, -0.2) is 4.39 Å². The van der Waals surface area contributed by atoms with E-state index in [0.717, 1.165) is 12.8 Å². The second kappa shape index (κ2) is 7.23. The predicted molar refractivity (Wildman–Crippen MR) is 83.7 cm³/mol. The molecule has 0 spiro atoms. The van der Waals surface area contributed by atoms with Crippen LogP contribution in [0.15, 0.2) is 48.5 Å². The average Bonchev–Trinajstić information content (AvgIpc) is 2.50. The zero-order chi connectivity index (χ0) is 15.2. The van der Waals surface area contributed by atoms with Crippen molar-refractivity contribution in [2.75, 3.05) is 0 Å². The van der Waals surface area contributed by atoms with Gasteiger partial charge in [-0.15, -0.1) is 0 Å². The minimum Gasteiger partial charge on any atom is -0.508 e. The molecule has 0 aliphatic heterocycles. The molecule has 0 bridgehead atoms. The molecule has 0 saturated heterocycles. The largest absolute Gasteiger partial charge is 0.508 e. The zero-order valence-corrected chi connectivity index (χ0v) is 12.5. The van der Waals surface area contributed by atoms with E-state index in [-0.39, 0.29) is 23.7 Å². The minimum absolute atomic E-state index is 0.125. The van der Waals surface area contributed by atoms with Crippen LogP contribution in [0.2, 0.25) is 0 Å². The van der Waals surface area contributed by atoms with Crippen LogP contribution in [0.1, 0.15) is 49.9 Å².